The van der Waals surface area contributed by atoms with Crippen LogP contribution in [0.2, 0.25) is 0 Å². The molecule has 1 aromatic heterocycles. The standard InChI is InChI=1S/C28H47N3O7/c1-4-6-8-10-12-14-16-23(32)36-20-21-25(38-24(33)17-15-13-11-9-7-5-2)26(35-3)27(37-21)31-19-18-22(29)30-28(31)34/h18-19,21,25-27H,4-17,20H2,1-3H3,(H2,29,30,34)/t21-,25-,26-,27-/m0/s1. The number of methoxy groups -OCH3 is 1. The summed E-state index contributed by atoms with van der Waals surface area (Å²) in [5.74, 6) is -0.617. The number of esters is 2. The molecule has 1 fully saturated rings. The quantitative estimate of drug-likeness (QED) is 0.197. The monoisotopic (exact) mass is 537 g/mol. The Morgan fingerprint density at radius 1 is 0.921 bits per heavy atom. The van der Waals surface area contributed by atoms with E-state index in [0.717, 1.165) is 44.9 Å². The Hall–Kier alpha value is -2.46. The van der Waals surface area contributed by atoms with E-state index in [1.165, 1.54) is 56.0 Å². The first kappa shape index (κ1) is 31.8. The van der Waals surface area contributed by atoms with Gasteiger partial charge in [-0.3, -0.25) is 14.2 Å². The zero-order valence-corrected chi connectivity index (χ0v) is 23.4. The first-order valence-corrected chi connectivity index (χ1v) is 14.3. The van der Waals surface area contributed by atoms with Crippen molar-refractivity contribution in [3.63, 3.8) is 0 Å². The van der Waals surface area contributed by atoms with Crippen LogP contribution in [0.15, 0.2) is 17.1 Å². The molecule has 2 rings (SSSR count). The summed E-state index contributed by atoms with van der Waals surface area (Å²) in [6.07, 6.45) is 11.4. The number of carbonyl (C=O) groups excluding carboxylic acids is 2. The molecule has 0 spiro atoms. The summed E-state index contributed by atoms with van der Waals surface area (Å²) in [6.45, 7) is 4.22. The minimum Gasteiger partial charge on any atom is -0.463 e. The Morgan fingerprint density at radius 2 is 1.50 bits per heavy atom. The van der Waals surface area contributed by atoms with E-state index in [1.807, 2.05) is 0 Å². The fourth-order valence-electron chi connectivity index (χ4n) is 4.64. The van der Waals surface area contributed by atoms with Crippen LogP contribution in [-0.2, 0) is 28.5 Å². The van der Waals surface area contributed by atoms with Crippen molar-refractivity contribution in [3.8, 4) is 0 Å². The molecule has 0 bridgehead atoms. The number of unbranched alkanes of at least 4 members (excludes halogenated alkanes) is 10. The molecule has 1 saturated heterocycles. The zero-order chi connectivity index (χ0) is 27.8. The van der Waals surface area contributed by atoms with Gasteiger partial charge < -0.3 is 24.7 Å². The van der Waals surface area contributed by atoms with Gasteiger partial charge in [0, 0.05) is 26.1 Å². The molecule has 0 saturated carbocycles. The summed E-state index contributed by atoms with van der Waals surface area (Å²) in [7, 11) is 1.46. The number of nitrogens with zero attached hydrogens (tertiary/aromatic N) is 2. The second-order valence-corrected chi connectivity index (χ2v) is 9.98. The molecule has 0 amide bonds. The third-order valence-corrected chi connectivity index (χ3v) is 6.83. The van der Waals surface area contributed by atoms with Gasteiger partial charge in [0.1, 0.15) is 24.6 Å². The van der Waals surface area contributed by atoms with E-state index in [-0.39, 0.29) is 30.8 Å². The Kier molecular flexibility index (Phi) is 15.0. The van der Waals surface area contributed by atoms with E-state index in [9.17, 15) is 14.4 Å². The molecule has 4 atom stereocenters. The van der Waals surface area contributed by atoms with Crippen molar-refractivity contribution in [2.45, 2.75) is 128 Å². The highest BCUT2D eigenvalue weighted by molar-refractivity contribution is 5.70. The van der Waals surface area contributed by atoms with Crippen molar-refractivity contribution in [3.05, 3.63) is 22.7 Å². The average molecular weight is 538 g/mol. The number of carbonyl (C=O) groups is 2. The van der Waals surface area contributed by atoms with E-state index in [2.05, 4.69) is 18.8 Å². The van der Waals surface area contributed by atoms with Crippen molar-refractivity contribution in [1.29, 1.82) is 0 Å². The first-order valence-electron chi connectivity index (χ1n) is 14.3. The second kappa shape index (κ2) is 17.9. The van der Waals surface area contributed by atoms with Crippen LogP contribution in [0.3, 0.4) is 0 Å². The summed E-state index contributed by atoms with van der Waals surface area (Å²) < 4.78 is 24.3. The highest BCUT2D eigenvalue weighted by atomic mass is 16.6. The largest absolute Gasteiger partial charge is 0.463 e. The summed E-state index contributed by atoms with van der Waals surface area (Å²) in [5, 5.41) is 0. The van der Waals surface area contributed by atoms with E-state index < -0.39 is 30.2 Å². The molecule has 10 nitrogen and oxygen atoms in total. The van der Waals surface area contributed by atoms with E-state index in [1.54, 1.807) is 0 Å². The van der Waals surface area contributed by atoms with Crippen molar-refractivity contribution in [2.75, 3.05) is 19.5 Å². The summed E-state index contributed by atoms with van der Waals surface area (Å²) in [6, 6.07) is 1.48. The topological polar surface area (TPSA) is 132 Å². The molecule has 1 aromatic rings. The molecule has 0 radical (unpaired) electrons. The van der Waals surface area contributed by atoms with Crippen molar-refractivity contribution in [2.24, 2.45) is 0 Å². The van der Waals surface area contributed by atoms with Crippen molar-refractivity contribution in [1.82, 2.24) is 9.55 Å². The molecule has 10 heteroatoms. The molecule has 38 heavy (non-hydrogen) atoms. The van der Waals surface area contributed by atoms with Crippen LogP contribution in [0.25, 0.3) is 0 Å². The SMILES string of the molecule is CCCCCCCCC(=O)OC[C@@H]1O[C@H](n2ccc(N)nc2=O)[C@@H](OC)[C@H]1OC(=O)CCCCCCCC. The summed E-state index contributed by atoms with van der Waals surface area (Å²) in [4.78, 5) is 41.3. The number of nitrogen functional groups attached to an aromatic ring is 1. The van der Waals surface area contributed by atoms with Gasteiger partial charge in [0.15, 0.2) is 12.3 Å². The second-order valence-electron chi connectivity index (χ2n) is 9.98. The molecule has 216 valence electrons. The predicted octanol–water partition coefficient (Wildman–Crippen LogP) is 4.69. The van der Waals surface area contributed by atoms with Crippen LogP contribution in [0, 0.1) is 0 Å². The number of ether oxygens (including phenoxy) is 4. The predicted molar refractivity (Wildman–Crippen MR) is 144 cm³/mol. The lowest BCUT2D eigenvalue weighted by Gasteiger charge is -2.23. The fraction of sp³-hybridized carbons (Fsp3) is 0.786. The minimum absolute atomic E-state index is 0.0836. The normalized spacial score (nSPS) is 20.9. The third kappa shape index (κ3) is 10.7. The Morgan fingerprint density at radius 3 is 2.08 bits per heavy atom. The van der Waals surface area contributed by atoms with Crippen LogP contribution >= 0.6 is 0 Å². The minimum atomic E-state index is -0.922. The Balaban J connectivity index is 2.00. The molecule has 2 N–H and O–H groups in total. The molecule has 0 aromatic carbocycles. The molecular formula is C28H47N3O7. The number of rotatable bonds is 19. The number of nitrogens with two attached hydrogens (primary N) is 1. The smallest absolute Gasteiger partial charge is 0.351 e. The lowest BCUT2D eigenvalue weighted by Crippen LogP contribution is -2.41. The van der Waals surface area contributed by atoms with Gasteiger partial charge in [-0.15, -0.1) is 0 Å². The van der Waals surface area contributed by atoms with Gasteiger partial charge in [-0.2, -0.15) is 4.98 Å². The molecule has 1 aliphatic rings. The number of anilines is 1. The maximum absolute atomic E-state index is 12.7. The highest BCUT2D eigenvalue weighted by Crippen LogP contribution is 2.33. The first-order chi connectivity index (χ1) is 18.4. The third-order valence-electron chi connectivity index (χ3n) is 6.83. The molecule has 1 aliphatic heterocycles. The lowest BCUT2D eigenvalue weighted by molar-refractivity contribution is -0.161. The van der Waals surface area contributed by atoms with E-state index in [4.69, 9.17) is 24.7 Å². The summed E-state index contributed by atoms with van der Waals surface area (Å²) in [5.41, 5.74) is 5.01. The van der Waals surface area contributed by atoms with E-state index >= 15 is 0 Å². The fourth-order valence-corrected chi connectivity index (χ4v) is 4.64. The van der Waals surface area contributed by atoms with Crippen LogP contribution in [0.5, 0.6) is 0 Å². The molecule has 2 heterocycles. The van der Waals surface area contributed by atoms with Gasteiger partial charge in [0.05, 0.1) is 0 Å². The van der Waals surface area contributed by atoms with Crippen molar-refractivity contribution < 1.29 is 28.5 Å². The summed E-state index contributed by atoms with van der Waals surface area (Å²) >= 11 is 0. The number of hydrogen-bond donors (Lipinski definition) is 1. The van der Waals surface area contributed by atoms with Crippen molar-refractivity contribution >= 4 is 17.8 Å². The Labute approximate surface area is 226 Å². The Bertz CT molecular complexity index is 891. The van der Waals surface area contributed by atoms with Gasteiger partial charge in [-0.25, -0.2) is 4.79 Å². The average Bonchev–Trinajstić information content (AvgIpc) is 3.23. The highest BCUT2D eigenvalue weighted by Gasteiger charge is 2.49. The van der Waals surface area contributed by atoms with Gasteiger partial charge in [0.2, 0.25) is 0 Å². The van der Waals surface area contributed by atoms with Crippen LogP contribution < -0.4 is 11.4 Å². The molecular weight excluding hydrogens is 490 g/mol. The lowest BCUT2D eigenvalue weighted by atomic mass is 10.1. The zero-order valence-electron chi connectivity index (χ0n) is 23.4. The van der Waals surface area contributed by atoms with Gasteiger partial charge in [-0.05, 0) is 18.9 Å². The van der Waals surface area contributed by atoms with Crippen LogP contribution in [0.1, 0.15) is 110 Å². The number of aromatic nitrogens is 2. The molecule has 0 unspecified atom stereocenters. The molecule has 0 aliphatic carbocycles. The van der Waals surface area contributed by atoms with Gasteiger partial charge >= 0.3 is 17.6 Å². The van der Waals surface area contributed by atoms with Crippen LogP contribution in [-0.4, -0.2) is 53.5 Å². The van der Waals surface area contributed by atoms with Gasteiger partial charge in [0.25, 0.3) is 0 Å². The number of hydrogen-bond acceptors (Lipinski definition) is 9. The van der Waals surface area contributed by atoms with Crippen LogP contribution in [0.4, 0.5) is 5.82 Å². The maximum atomic E-state index is 12.7. The van der Waals surface area contributed by atoms with E-state index in [0.29, 0.717) is 6.42 Å². The maximum Gasteiger partial charge on any atom is 0.351 e. The van der Waals surface area contributed by atoms with Gasteiger partial charge in [-0.1, -0.05) is 78.1 Å².